The summed E-state index contributed by atoms with van der Waals surface area (Å²) in [4.78, 5) is 19.0. The van der Waals surface area contributed by atoms with Gasteiger partial charge < -0.3 is 0 Å². The molecule has 13 heavy (non-hydrogen) atoms. The summed E-state index contributed by atoms with van der Waals surface area (Å²) in [5, 5.41) is 0. The summed E-state index contributed by atoms with van der Waals surface area (Å²) in [5.41, 5.74) is 2.87. The van der Waals surface area contributed by atoms with Gasteiger partial charge in [0, 0.05) is 19.0 Å². The van der Waals surface area contributed by atoms with Gasteiger partial charge in [0.25, 0.3) is 0 Å². The molecule has 2 aliphatic heterocycles. The topological polar surface area (TPSA) is 41.6 Å². The van der Waals surface area contributed by atoms with Crippen molar-refractivity contribution in [2.45, 2.75) is 26.0 Å². The van der Waals surface area contributed by atoms with Crippen molar-refractivity contribution >= 4 is 5.78 Å². The van der Waals surface area contributed by atoms with Crippen LogP contribution >= 0.6 is 0 Å². The smallest absolute Gasteiger partial charge is 0.149 e. The number of hydrogen-bond acceptors (Lipinski definition) is 4. The van der Waals surface area contributed by atoms with Crippen LogP contribution in [0.1, 0.15) is 13.8 Å². The van der Waals surface area contributed by atoms with Gasteiger partial charge in [0.1, 0.15) is 11.9 Å². The number of likely N-dealkylation sites (tertiary alicyclic amines) is 1. The Morgan fingerprint density at radius 1 is 1.69 bits per heavy atom. The highest BCUT2D eigenvalue weighted by Crippen LogP contribution is 2.29. The van der Waals surface area contributed by atoms with Crippen LogP contribution in [-0.2, 0) is 9.63 Å². The predicted octanol–water partition coefficient (Wildman–Crippen LogP) is -0.201. The van der Waals surface area contributed by atoms with E-state index < -0.39 is 0 Å². The molecule has 2 aliphatic rings. The molecule has 0 aromatic carbocycles. The van der Waals surface area contributed by atoms with Crippen molar-refractivity contribution in [1.29, 1.82) is 0 Å². The number of fused-ring (bicyclic) bond motifs is 1. The summed E-state index contributed by atoms with van der Waals surface area (Å²) < 4.78 is 0. The highest BCUT2D eigenvalue weighted by Gasteiger charge is 2.47. The summed E-state index contributed by atoms with van der Waals surface area (Å²) in [7, 11) is 0. The average molecular weight is 184 g/mol. The van der Waals surface area contributed by atoms with Crippen LogP contribution in [0.4, 0.5) is 0 Å². The van der Waals surface area contributed by atoms with Crippen LogP contribution in [0.25, 0.3) is 0 Å². The Morgan fingerprint density at radius 2 is 2.46 bits per heavy atom. The molecule has 3 atom stereocenters. The predicted molar refractivity (Wildman–Crippen MR) is 48.1 cm³/mol. The van der Waals surface area contributed by atoms with Crippen molar-refractivity contribution < 1.29 is 9.63 Å². The molecule has 1 N–H and O–H groups in total. The fraction of sp³-hybridized carbons (Fsp3) is 0.889. The van der Waals surface area contributed by atoms with Crippen LogP contribution in [0, 0.1) is 5.92 Å². The largest absolute Gasteiger partial charge is 0.298 e. The molecule has 0 amide bonds. The van der Waals surface area contributed by atoms with E-state index >= 15 is 0 Å². The Bertz CT molecular complexity index is 220. The summed E-state index contributed by atoms with van der Waals surface area (Å²) in [6.07, 6.45) is 0.0810. The number of hydroxylamine groups is 1. The van der Waals surface area contributed by atoms with Gasteiger partial charge in [-0.25, -0.2) is 5.48 Å². The molecule has 74 valence electrons. The third kappa shape index (κ3) is 1.39. The molecule has 2 rings (SSSR count). The van der Waals surface area contributed by atoms with E-state index in [4.69, 9.17) is 4.84 Å². The van der Waals surface area contributed by atoms with Gasteiger partial charge in [-0.3, -0.25) is 14.5 Å². The number of ketones is 1. The average Bonchev–Trinajstić information content (AvgIpc) is 2.59. The first-order valence-corrected chi connectivity index (χ1v) is 4.87. The number of nitrogens with zero attached hydrogens (tertiary/aromatic N) is 1. The Kier molecular flexibility index (Phi) is 2.36. The van der Waals surface area contributed by atoms with E-state index in [0.29, 0.717) is 5.92 Å². The zero-order valence-electron chi connectivity index (χ0n) is 8.12. The second-order valence-electron chi connectivity index (χ2n) is 3.83. The van der Waals surface area contributed by atoms with Gasteiger partial charge in [-0.15, -0.1) is 0 Å². The fourth-order valence-electron chi connectivity index (χ4n) is 2.39. The van der Waals surface area contributed by atoms with Gasteiger partial charge in [-0.05, 0) is 13.5 Å². The van der Waals surface area contributed by atoms with Crippen molar-refractivity contribution in [3.05, 3.63) is 0 Å². The minimum atomic E-state index is -0.0231. The lowest BCUT2D eigenvalue weighted by molar-refractivity contribution is -0.125. The molecule has 0 bridgehead atoms. The fourth-order valence-corrected chi connectivity index (χ4v) is 2.39. The van der Waals surface area contributed by atoms with Crippen molar-refractivity contribution in [3.63, 3.8) is 0 Å². The zero-order chi connectivity index (χ0) is 9.42. The third-order valence-electron chi connectivity index (χ3n) is 3.03. The lowest BCUT2D eigenvalue weighted by Crippen LogP contribution is -2.42. The second-order valence-corrected chi connectivity index (χ2v) is 3.83. The van der Waals surface area contributed by atoms with E-state index in [1.165, 1.54) is 0 Å². The lowest BCUT2D eigenvalue weighted by atomic mass is 10.0. The Balaban J connectivity index is 2.14. The van der Waals surface area contributed by atoms with Gasteiger partial charge in [0.2, 0.25) is 0 Å². The van der Waals surface area contributed by atoms with Crippen LogP contribution in [0.5, 0.6) is 0 Å². The van der Waals surface area contributed by atoms with E-state index in [1.807, 2.05) is 0 Å². The van der Waals surface area contributed by atoms with Crippen LogP contribution < -0.4 is 5.48 Å². The third-order valence-corrected chi connectivity index (χ3v) is 3.03. The van der Waals surface area contributed by atoms with Crippen LogP contribution in [-0.4, -0.2) is 42.5 Å². The number of carbonyl (C=O) groups is 1. The molecular formula is C9H16N2O2. The molecule has 0 aromatic heterocycles. The van der Waals surface area contributed by atoms with Crippen LogP contribution in [0.3, 0.4) is 0 Å². The SMILES string of the molecule is CCN1CC2CNOC2C1C(C)=O. The number of rotatable bonds is 2. The van der Waals surface area contributed by atoms with Crippen LogP contribution in [0.15, 0.2) is 0 Å². The molecule has 2 fully saturated rings. The van der Waals surface area contributed by atoms with E-state index in [2.05, 4.69) is 17.3 Å². The minimum Gasteiger partial charge on any atom is -0.298 e. The Morgan fingerprint density at radius 3 is 3.08 bits per heavy atom. The maximum atomic E-state index is 11.4. The monoisotopic (exact) mass is 184 g/mol. The van der Waals surface area contributed by atoms with Crippen molar-refractivity contribution in [1.82, 2.24) is 10.4 Å². The van der Waals surface area contributed by atoms with E-state index in [-0.39, 0.29) is 17.9 Å². The molecule has 4 heteroatoms. The molecule has 4 nitrogen and oxygen atoms in total. The van der Waals surface area contributed by atoms with Crippen molar-refractivity contribution in [3.8, 4) is 0 Å². The summed E-state index contributed by atoms with van der Waals surface area (Å²) in [6, 6.07) is -0.0231. The van der Waals surface area contributed by atoms with E-state index in [0.717, 1.165) is 19.6 Å². The van der Waals surface area contributed by atoms with Crippen LogP contribution in [0.2, 0.25) is 0 Å². The molecular weight excluding hydrogens is 168 g/mol. The molecule has 2 saturated heterocycles. The molecule has 0 radical (unpaired) electrons. The molecule has 2 heterocycles. The number of nitrogens with one attached hydrogen (secondary N) is 1. The number of hydrogen-bond donors (Lipinski definition) is 1. The van der Waals surface area contributed by atoms with Gasteiger partial charge in [-0.2, -0.15) is 0 Å². The van der Waals surface area contributed by atoms with Gasteiger partial charge in [0.15, 0.2) is 0 Å². The number of carbonyl (C=O) groups excluding carboxylic acids is 1. The Hall–Kier alpha value is -0.450. The van der Waals surface area contributed by atoms with Crippen molar-refractivity contribution in [2.75, 3.05) is 19.6 Å². The number of likely N-dealkylation sites (N-methyl/N-ethyl adjacent to an activating group) is 1. The Labute approximate surface area is 78.2 Å². The first kappa shape index (κ1) is 9.12. The zero-order valence-corrected chi connectivity index (χ0v) is 8.12. The van der Waals surface area contributed by atoms with Crippen molar-refractivity contribution in [2.24, 2.45) is 5.92 Å². The number of Topliss-reactive ketones (excluding diaryl/α,β-unsaturated/α-hetero) is 1. The first-order valence-electron chi connectivity index (χ1n) is 4.87. The highest BCUT2D eigenvalue weighted by molar-refractivity contribution is 5.82. The molecule has 0 spiro atoms. The molecule has 0 aliphatic carbocycles. The maximum absolute atomic E-state index is 11.4. The van der Waals surface area contributed by atoms with Gasteiger partial charge in [0.05, 0.1) is 6.04 Å². The molecule has 0 saturated carbocycles. The lowest BCUT2D eigenvalue weighted by Gasteiger charge is -2.23. The van der Waals surface area contributed by atoms with E-state index in [1.54, 1.807) is 6.92 Å². The first-order chi connectivity index (χ1) is 6.24. The highest BCUT2D eigenvalue weighted by atomic mass is 16.7. The summed E-state index contributed by atoms with van der Waals surface area (Å²) in [5.74, 6) is 0.715. The van der Waals surface area contributed by atoms with Gasteiger partial charge in [-0.1, -0.05) is 6.92 Å². The standard InChI is InChI=1S/C9H16N2O2/c1-3-11-5-7-4-10-13-9(7)8(11)6(2)12/h7-10H,3-5H2,1-2H3. The van der Waals surface area contributed by atoms with E-state index in [9.17, 15) is 4.79 Å². The summed E-state index contributed by atoms with van der Waals surface area (Å²) in [6.45, 7) is 6.53. The maximum Gasteiger partial charge on any atom is 0.149 e. The summed E-state index contributed by atoms with van der Waals surface area (Å²) >= 11 is 0. The van der Waals surface area contributed by atoms with Gasteiger partial charge >= 0.3 is 0 Å². The normalized spacial score (nSPS) is 39.4. The quantitative estimate of drug-likeness (QED) is 0.645. The minimum absolute atomic E-state index is 0.0231. The molecule has 0 aromatic rings. The molecule has 3 unspecified atom stereocenters. The second kappa shape index (κ2) is 3.36.